The zero-order chi connectivity index (χ0) is 13.7. The van der Waals surface area contributed by atoms with Gasteiger partial charge in [0, 0.05) is 18.3 Å². The highest BCUT2D eigenvalue weighted by Crippen LogP contribution is 2.09. The first kappa shape index (κ1) is 14.4. The Morgan fingerprint density at radius 3 is 2.67 bits per heavy atom. The third-order valence-electron chi connectivity index (χ3n) is 2.64. The monoisotopic (exact) mass is 252 g/mol. The lowest BCUT2D eigenvalue weighted by atomic mass is 10.1. The topological polar surface area (TPSA) is 86.9 Å². The summed E-state index contributed by atoms with van der Waals surface area (Å²) in [6, 6.07) is -0.218. The third-order valence-corrected chi connectivity index (χ3v) is 2.64. The Labute approximate surface area is 106 Å². The molecular weight excluding hydrogens is 232 g/mol. The van der Waals surface area contributed by atoms with E-state index in [1.807, 2.05) is 13.8 Å². The van der Waals surface area contributed by atoms with Gasteiger partial charge >= 0.3 is 0 Å². The van der Waals surface area contributed by atoms with Crippen molar-refractivity contribution in [2.24, 2.45) is 0 Å². The average molecular weight is 252 g/mol. The van der Waals surface area contributed by atoms with Gasteiger partial charge in [-0.1, -0.05) is 0 Å². The molecule has 1 heterocycles. The Bertz CT molecular complexity index is 481. The second kappa shape index (κ2) is 6.30. The van der Waals surface area contributed by atoms with E-state index in [-0.39, 0.29) is 24.1 Å². The van der Waals surface area contributed by atoms with Gasteiger partial charge < -0.3 is 15.6 Å². The van der Waals surface area contributed by atoms with Crippen LogP contribution in [0.3, 0.4) is 0 Å². The molecule has 6 heteroatoms. The number of hydrogen-bond donors (Lipinski definition) is 3. The molecule has 0 aliphatic carbocycles. The molecular formula is C12H20N4O2. The molecule has 6 nitrogen and oxygen atoms in total. The summed E-state index contributed by atoms with van der Waals surface area (Å²) < 4.78 is 0. The molecule has 1 aromatic heterocycles. The Balaban J connectivity index is 2.76. The second-order valence-electron chi connectivity index (χ2n) is 4.21. The van der Waals surface area contributed by atoms with Gasteiger partial charge in [0.2, 0.25) is 5.91 Å². The standard InChI is InChI=1S/C12H20N4O2/c1-5-13-10(17)6-14-7(2)11-8(3)15-9(4)16-12(11)18/h7,14H,5-6H2,1-4H3,(H,13,17)(H,15,16,18). The van der Waals surface area contributed by atoms with Crippen LogP contribution in [0, 0.1) is 13.8 Å². The molecule has 0 saturated carbocycles. The molecule has 18 heavy (non-hydrogen) atoms. The van der Waals surface area contributed by atoms with Crippen LogP contribution in [-0.2, 0) is 4.79 Å². The lowest BCUT2D eigenvalue weighted by Gasteiger charge is -2.15. The van der Waals surface area contributed by atoms with Gasteiger partial charge in [0.05, 0.1) is 12.1 Å². The summed E-state index contributed by atoms with van der Waals surface area (Å²) in [5, 5.41) is 5.70. The van der Waals surface area contributed by atoms with E-state index < -0.39 is 0 Å². The Kier molecular flexibility index (Phi) is 5.03. The largest absolute Gasteiger partial charge is 0.355 e. The molecule has 1 rings (SSSR count). The zero-order valence-corrected chi connectivity index (χ0v) is 11.3. The van der Waals surface area contributed by atoms with Crippen molar-refractivity contribution in [1.82, 2.24) is 20.6 Å². The molecule has 0 aliphatic rings. The molecule has 0 bridgehead atoms. The molecule has 0 radical (unpaired) electrons. The van der Waals surface area contributed by atoms with E-state index in [9.17, 15) is 9.59 Å². The number of aromatic nitrogens is 2. The van der Waals surface area contributed by atoms with E-state index in [1.165, 1.54) is 0 Å². The number of aromatic amines is 1. The molecule has 0 spiro atoms. The van der Waals surface area contributed by atoms with E-state index >= 15 is 0 Å². The summed E-state index contributed by atoms with van der Waals surface area (Å²) in [5.41, 5.74) is 1.10. The van der Waals surface area contributed by atoms with E-state index in [2.05, 4.69) is 20.6 Å². The number of nitrogens with zero attached hydrogens (tertiary/aromatic N) is 1. The molecule has 100 valence electrons. The molecule has 1 unspecified atom stereocenters. The predicted molar refractivity (Wildman–Crippen MR) is 69.4 cm³/mol. The Morgan fingerprint density at radius 2 is 2.11 bits per heavy atom. The Morgan fingerprint density at radius 1 is 1.44 bits per heavy atom. The minimum absolute atomic E-state index is 0.0847. The van der Waals surface area contributed by atoms with Gasteiger partial charge in [0.1, 0.15) is 5.82 Å². The fourth-order valence-electron chi connectivity index (χ4n) is 1.85. The van der Waals surface area contributed by atoms with Crippen LogP contribution in [0.15, 0.2) is 4.79 Å². The minimum atomic E-state index is -0.218. The summed E-state index contributed by atoms with van der Waals surface area (Å²) in [6.07, 6.45) is 0. The highest BCUT2D eigenvalue weighted by atomic mass is 16.2. The van der Waals surface area contributed by atoms with Crippen molar-refractivity contribution in [3.63, 3.8) is 0 Å². The number of H-pyrrole nitrogens is 1. The summed E-state index contributed by atoms with van der Waals surface area (Å²) in [4.78, 5) is 30.1. The summed E-state index contributed by atoms with van der Waals surface area (Å²) >= 11 is 0. The second-order valence-corrected chi connectivity index (χ2v) is 4.21. The molecule has 0 saturated heterocycles. The van der Waals surface area contributed by atoms with Crippen LogP contribution in [0.1, 0.15) is 37.0 Å². The predicted octanol–water partition coefficient (Wildman–Crippen LogP) is 0.173. The van der Waals surface area contributed by atoms with Crippen molar-refractivity contribution < 1.29 is 4.79 Å². The van der Waals surface area contributed by atoms with Gasteiger partial charge in [-0.3, -0.25) is 9.59 Å². The number of carbonyl (C=O) groups excluding carboxylic acids is 1. The summed E-state index contributed by atoms with van der Waals surface area (Å²) in [7, 11) is 0. The van der Waals surface area contributed by atoms with Gasteiger partial charge in [-0.05, 0) is 27.7 Å². The molecule has 3 N–H and O–H groups in total. The van der Waals surface area contributed by atoms with Crippen molar-refractivity contribution in [2.75, 3.05) is 13.1 Å². The molecule has 1 amide bonds. The lowest BCUT2D eigenvalue weighted by molar-refractivity contribution is -0.120. The maximum Gasteiger partial charge on any atom is 0.255 e. The molecule has 1 aromatic rings. The normalized spacial score (nSPS) is 12.2. The van der Waals surface area contributed by atoms with E-state index in [0.717, 1.165) is 0 Å². The number of likely N-dealkylation sites (N-methyl/N-ethyl adjacent to an activating group) is 1. The van der Waals surface area contributed by atoms with Gasteiger partial charge in [0.25, 0.3) is 5.56 Å². The van der Waals surface area contributed by atoms with Gasteiger partial charge in [-0.2, -0.15) is 0 Å². The minimum Gasteiger partial charge on any atom is -0.355 e. The fourth-order valence-corrected chi connectivity index (χ4v) is 1.85. The highest BCUT2D eigenvalue weighted by Gasteiger charge is 2.14. The van der Waals surface area contributed by atoms with Crippen LogP contribution in [0.2, 0.25) is 0 Å². The zero-order valence-electron chi connectivity index (χ0n) is 11.3. The van der Waals surface area contributed by atoms with Crippen LogP contribution in [0.4, 0.5) is 0 Å². The molecule has 0 aliphatic heterocycles. The lowest BCUT2D eigenvalue weighted by Crippen LogP contribution is -2.36. The maximum atomic E-state index is 11.8. The first-order valence-electron chi connectivity index (χ1n) is 6.03. The van der Waals surface area contributed by atoms with Crippen LogP contribution in [0.5, 0.6) is 0 Å². The highest BCUT2D eigenvalue weighted by molar-refractivity contribution is 5.77. The first-order chi connectivity index (χ1) is 8.45. The molecule has 0 fully saturated rings. The Hall–Kier alpha value is -1.69. The summed E-state index contributed by atoms with van der Waals surface area (Å²) in [6.45, 7) is 8.02. The number of aryl methyl sites for hydroxylation is 2. The number of nitrogens with one attached hydrogen (secondary N) is 3. The molecule has 0 aromatic carbocycles. The number of rotatable bonds is 5. The smallest absolute Gasteiger partial charge is 0.255 e. The average Bonchev–Trinajstić information content (AvgIpc) is 2.25. The van der Waals surface area contributed by atoms with Crippen molar-refractivity contribution in [3.8, 4) is 0 Å². The van der Waals surface area contributed by atoms with Crippen LogP contribution < -0.4 is 16.2 Å². The van der Waals surface area contributed by atoms with Crippen molar-refractivity contribution in [1.29, 1.82) is 0 Å². The van der Waals surface area contributed by atoms with Crippen molar-refractivity contribution >= 4 is 5.91 Å². The van der Waals surface area contributed by atoms with Gasteiger partial charge in [-0.25, -0.2) is 4.98 Å². The third kappa shape index (κ3) is 3.66. The van der Waals surface area contributed by atoms with Crippen LogP contribution in [-0.4, -0.2) is 29.0 Å². The SMILES string of the molecule is CCNC(=O)CNC(C)c1c(C)nc(C)[nH]c1=O. The van der Waals surface area contributed by atoms with Crippen molar-refractivity contribution in [2.45, 2.75) is 33.7 Å². The summed E-state index contributed by atoms with van der Waals surface area (Å²) in [5.74, 6) is 0.510. The maximum absolute atomic E-state index is 11.8. The van der Waals surface area contributed by atoms with Gasteiger partial charge in [-0.15, -0.1) is 0 Å². The first-order valence-corrected chi connectivity index (χ1v) is 6.03. The number of amides is 1. The molecule has 1 atom stereocenters. The number of hydrogen-bond acceptors (Lipinski definition) is 4. The fraction of sp³-hybridized carbons (Fsp3) is 0.583. The quantitative estimate of drug-likeness (QED) is 0.697. The van der Waals surface area contributed by atoms with E-state index in [4.69, 9.17) is 0 Å². The van der Waals surface area contributed by atoms with E-state index in [1.54, 1.807) is 13.8 Å². The van der Waals surface area contributed by atoms with Crippen LogP contribution >= 0.6 is 0 Å². The van der Waals surface area contributed by atoms with E-state index in [0.29, 0.717) is 23.6 Å². The van der Waals surface area contributed by atoms with Gasteiger partial charge in [0.15, 0.2) is 0 Å². The van der Waals surface area contributed by atoms with Crippen molar-refractivity contribution in [3.05, 3.63) is 27.4 Å². The number of carbonyl (C=O) groups is 1. The van der Waals surface area contributed by atoms with Crippen LogP contribution in [0.25, 0.3) is 0 Å².